The lowest BCUT2D eigenvalue weighted by Gasteiger charge is -2.11. The van der Waals surface area contributed by atoms with Crippen molar-refractivity contribution < 1.29 is 4.52 Å². The van der Waals surface area contributed by atoms with E-state index in [-0.39, 0.29) is 5.69 Å². The van der Waals surface area contributed by atoms with Gasteiger partial charge >= 0.3 is 5.69 Å². The monoisotopic (exact) mass is 380 g/mol. The van der Waals surface area contributed by atoms with E-state index >= 15 is 0 Å². The van der Waals surface area contributed by atoms with Crippen molar-refractivity contribution >= 4 is 22.6 Å². The second kappa shape index (κ2) is 6.39. The number of aromatic nitrogens is 4. The van der Waals surface area contributed by atoms with Gasteiger partial charge in [-0.05, 0) is 55.3 Å². The summed E-state index contributed by atoms with van der Waals surface area (Å²) in [4.78, 5) is 19.9. The van der Waals surface area contributed by atoms with Crippen LogP contribution in [0, 0.1) is 0 Å². The lowest BCUT2D eigenvalue weighted by Crippen LogP contribution is -2.20. The molecule has 0 atom stereocenters. The van der Waals surface area contributed by atoms with Crippen molar-refractivity contribution in [2.75, 3.05) is 0 Å². The quantitative estimate of drug-likeness (QED) is 0.553. The van der Waals surface area contributed by atoms with Crippen LogP contribution in [0.15, 0.2) is 51.8 Å². The van der Waals surface area contributed by atoms with Crippen LogP contribution >= 0.6 is 11.6 Å². The van der Waals surface area contributed by atoms with E-state index in [4.69, 9.17) is 16.1 Å². The molecule has 1 saturated carbocycles. The number of aromatic amines is 1. The van der Waals surface area contributed by atoms with Crippen LogP contribution in [0.2, 0.25) is 5.02 Å². The van der Waals surface area contributed by atoms with Crippen LogP contribution in [0.1, 0.15) is 31.7 Å². The molecule has 0 unspecified atom stereocenters. The van der Waals surface area contributed by atoms with Gasteiger partial charge in [0, 0.05) is 22.2 Å². The molecule has 136 valence electrons. The van der Waals surface area contributed by atoms with Gasteiger partial charge < -0.3 is 9.51 Å². The van der Waals surface area contributed by atoms with Gasteiger partial charge in [0.05, 0.1) is 11.0 Å². The van der Waals surface area contributed by atoms with Gasteiger partial charge in [-0.3, -0.25) is 4.57 Å². The van der Waals surface area contributed by atoms with Crippen LogP contribution < -0.4 is 5.69 Å². The second-order valence-electron chi connectivity index (χ2n) is 6.90. The highest BCUT2D eigenvalue weighted by Gasteiger charge is 2.21. The minimum absolute atomic E-state index is 0.0518. The fraction of sp³-hybridized carbons (Fsp3) is 0.250. The van der Waals surface area contributed by atoms with Crippen molar-refractivity contribution in [3.63, 3.8) is 0 Å². The van der Waals surface area contributed by atoms with Crippen molar-refractivity contribution in [3.05, 3.63) is 58.0 Å². The predicted octanol–water partition coefficient (Wildman–Crippen LogP) is 4.82. The van der Waals surface area contributed by atoms with Gasteiger partial charge in [0.15, 0.2) is 0 Å². The summed E-state index contributed by atoms with van der Waals surface area (Å²) in [6.45, 7) is 0. The Morgan fingerprint density at radius 1 is 1.07 bits per heavy atom. The largest absolute Gasteiger partial charge is 0.334 e. The predicted molar refractivity (Wildman–Crippen MR) is 104 cm³/mol. The van der Waals surface area contributed by atoms with E-state index < -0.39 is 0 Å². The number of fused-ring (bicyclic) bond motifs is 1. The summed E-state index contributed by atoms with van der Waals surface area (Å²) in [5, 5.41) is 4.73. The molecule has 1 fully saturated rings. The molecular formula is C20H17ClN4O2. The average Bonchev–Trinajstić information content (AvgIpc) is 3.40. The van der Waals surface area contributed by atoms with E-state index in [1.165, 1.54) is 12.8 Å². The first-order valence-electron chi connectivity index (χ1n) is 9.03. The first-order valence-corrected chi connectivity index (χ1v) is 9.41. The molecule has 1 aliphatic carbocycles. The van der Waals surface area contributed by atoms with Crippen molar-refractivity contribution in [2.24, 2.45) is 0 Å². The van der Waals surface area contributed by atoms with Gasteiger partial charge in [-0.2, -0.15) is 4.98 Å². The molecule has 27 heavy (non-hydrogen) atoms. The Morgan fingerprint density at radius 2 is 1.81 bits per heavy atom. The lowest BCUT2D eigenvalue weighted by molar-refractivity contribution is 0.432. The van der Waals surface area contributed by atoms with Crippen LogP contribution in [0.4, 0.5) is 0 Å². The first kappa shape index (κ1) is 16.3. The van der Waals surface area contributed by atoms with Gasteiger partial charge in [-0.15, -0.1) is 0 Å². The minimum Gasteiger partial charge on any atom is -0.334 e. The molecule has 2 aromatic carbocycles. The summed E-state index contributed by atoms with van der Waals surface area (Å²) < 4.78 is 7.28. The van der Waals surface area contributed by atoms with Crippen molar-refractivity contribution in [1.29, 1.82) is 0 Å². The smallest absolute Gasteiger partial charge is 0.326 e. The fourth-order valence-electron chi connectivity index (χ4n) is 3.85. The molecule has 0 radical (unpaired) electrons. The number of nitrogens with zero attached hydrogens (tertiary/aromatic N) is 3. The Morgan fingerprint density at radius 3 is 2.59 bits per heavy atom. The SMILES string of the molecule is O=c1[nH]c2cc(-c3noc(-c4ccc(Cl)cc4)n3)ccc2n1C1CCCC1. The number of benzene rings is 2. The van der Waals surface area contributed by atoms with Gasteiger partial charge in [0.2, 0.25) is 5.82 Å². The molecule has 1 N–H and O–H groups in total. The number of nitrogens with one attached hydrogen (secondary N) is 1. The number of halogens is 1. The van der Waals surface area contributed by atoms with E-state index in [1.807, 2.05) is 34.9 Å². The highest BCUT2D eigenvalue weighted by atomic mass is 35.5. The molecule has 0 bridgehead atoms. The summed E-state index contributed by atoms with van der Waals surface area (Å²) >= 11 is 5.92. The maximum absolute atomic E-state index is 12.4. The molecule has 7 heteroatoms. The van der Waals surface area contributed by atoms with Gasteiger partial charge in [0.1, 0.15) is 0 Å². The third-order valence-electron chi connectivity index (χ3n) is 5.18. The summed E-state index contributed by atoms with van der Waals surface area (Å²) in [6.07, 6.45) is 4.48. The van der Waals surface area contributed by atoms with E-state index in [0.717, 1.165) is 35.0 Å². The van der Waals surface area contributed by atoms with Crippen LogP contribution in [0.25, 0.3) is 33.9 Å². The summed E-state index contributed by atoms with van der Waals surface area (Å²) in [5.41, 5.74) is 3.27. The number of hydrogen-bond acceptors (Lipinski definition) is 4. The maximum Gasteiger partial charge on any atom is 0.326 e. The first-order chi connectivity index (χ1) is 13.2. The number of H-pyrrole nitrogens is 1. The number of hydrogen-bond donors (Lipinski definition) is 1. The van der Waals surface area contributed by atoms with E-state index in [9.17, 15) is 4.79 Å². The molecule has 4 aromatic rings. The number of rotatable bonds is 3. The van der Waals surface area contributed by atoms with Gasteiger partial charge in [0.25, 0.3) is 5.89 Å². The Hall–Kier alpha value is -2.86. The average molecular weight is 381 g/mol. The molecule has 6 nitrogen and oxygen atoms in total. The van der Waals surface area contributed by atoms with Crippen molar-refractivity contribution in [1.82, 2.24) is 19.7 Å². The fourth-order valence-corrected chi connectivity index (χ4v) is 3.97. The zero-order chi connectivity index (χ0) is 18.4. The molecule has 2 aromatic heterocycles. The van der Waals surface area contributed by atoms with Gasteiger partial charge in [-0.25, -0.2) is 4.79 Å². The summed E-state index contributed by atoms with van der Waals surface area (Å²) in [7, 11) is 0. The van der Waals surface area contributed by atoms with Crippen molar-refractivity contribution in [2.45, 2.75) is 31.7 Å². The summed E-state index contributed by atoms with van der Waals surface area (Å²) in [5.74, 6) is 0.912. The Balaban J connectivity index is 1.52. The number of imidazole rings is 1. The molecule has 0 spiro atoms. The van der Waals surface area contributed by atoms with Crippen LogP contribution in [-0.4, -0.2) is 19.7 Å². The molecule has 5 rings (SSSR count). The van der Waals surface area contributed by atoms with E-state index in [1.54, 1.807) is 12.1 Å². The molecule has 0 amide bonds. The lowest BCUT2D eigenvalue weighted by atomic mass is 10.1. The highest BCUT2D eigenvalue weighted by Crippen LogP contribution is 2.32. The minimum atomic E-state index is -0.0518. The Bertz CT molecular complexity index is 1170. The van der Waals surface area contributed by atoms with Crippen LogP contribution in [0.3, 0.4) is 0 Å². The highest BCUT2D eigenvalue weighted by molar-refractivity contribution is 6.30. The molecule has 0 saturated heterocycles. The molecule has 1 aliphatic rings. The van der Waals surface area contributed by atoms with E-state index in [2.05, 4.69) is 15.1 Å². The van der Waals surface area contributed by atoms with Crippen LogP contribution in [-0.2, 0) is 0 Å². The Labute approximate surface area is 159 Å². The van der Waals surface area contributed by atoms with E-state index in [0.29, 0.717) is 22.8 Å². The third-order valence-corrected chi connectivity index (χ3v) is 5.43. The zero-order valence-electron chi connectivity index (χ0n) is 14.5. The third kappa shape index (κ3) is 2.86. The molecule has 0 aliphatic heterocycles. The maximum atomic E-state index is 12.4. The zero-order valence-corrected chi connectivity index (χ0v) is 15.2. The second-order valence-corrected chi connectivity index (χ2v) is 7.34. The topological polar surface area (TPSA) is 76.7 Å². The van der Waals surface area contributed by atoms with Crippen molar-refractivity contribution in [3.8, 4) is 22.8 Å². The normalized spacial score (nSPS) is 15.0. The summed E-state index contributed by atoms with van der Waals surface area (Å²) in [6, 6.07) is 13.3. The molecule has 2 heterocycles. The molecular weight excluding hydrogens is 364 g/mol. The van der Waals surface area contributed by atoms with Gasteiger partial charge in [-0.1, -0.05) is 29.6 Å². The standard InChI is InChI=1S/C20H17ClN4O2/c21-14-8-5-12(6-9-14)19-23-18(24-27-19)13-7-10-17-16(11-13)22-20(26)25(17)15-3-1-2-4-15/h5-11,15H,1-4H2,(H,22,26). The van der Waals surface area contributed by atoms with Crippen LogP contribution in [0.5, 0.6) is 0 Å². The Kier molecular flexibility index (Phi) is 3.86.